The van der Waals surface area contributed by atoms with Crippen molar-refractivity contribution in [2.24, 2.45) is 0 Å². The van der Waals surface area contributed by atoms with Crippen molar-refractivity contribution < 1.29 is 39.9 Å². The lowest BCUT2D eigenvalue weighted by molar-refractivity contribution is -0.376. The molecule has 1 unspecified atom stereocenters. The summed E-state index contributed by atoms with van der Waals surface area (Å²) < 4.78 is 106. The average Bonchev–Trinajstić information content (AvgIpc) is 3.35. The Labute approximate surface area is 212 Å². The molecule has 1 aliphatic heterocycles. The zero-order valence-corrected chi connectivity index (χ0v) is 20.0. The lowest BCUT2D eigenvalue weighted by atomic mass is 9.89. The molecule has 1 N–H and O–H groups in total. The van der Waals surface area contributed by atoms with E-state index in [2.05, 4.69) is 9.97 Å². The van der Waals surface area contributed by atoms with Gasteiger partial charge in [-0.15, -0.1) is 0 Å². The summed E-state index contributed by atoms with van der Waals surface area (Å²) in [5.41, 5.74) is -6.57. The molecular formula is C24H18F6N4O3S. The number of benzene rings is 2. The van der Waals surface area contributed by atoms with E-state index in [-0.39, 0.29) is 41.5 Å². The van der Waals surface area contributed by atoms with Gasteiger partial charge in [-0.2, -0.15) is 31.6 Å². The van der Waals surface area contributed by atoms with Gasteiger partial charge < -0.3 is 10.0 Å². The van der Waals surface area contributed by atoms with Gasteiger partial charge in [-0.05, 0) is 24.1 Å². The van der Waals surface area contributed by atoms with Crippen LogP contribution in [0.2, 0.25) is 0 Å². The average molecular weight is 556 g/mol. The topological polar surface area (TPSA) is 107 Å². The summed E-state index contributed by atoms with van der Waals surface area (Å²) in [5, 5.41) is 18.7. The van der Waals surface area contributed by atoms with E-state index in [4.69, 9.17) is 5.26 Å². The largest absolute Gasteiger partial charge is 0.430 e. The molecule has 1 fully saturated rings. The van der Waals surface area contributed by atoms with Crippen molar-refractivity contribution in [1.82, 2.24) is 9.97 Å². The SMILES string of the molecule is N#Cc1cnc(N2CCC(c3ccc(C(O)(C(F)(F)F)C(F)(F)F)cc3)(S(=O)(=O)c3ccccc3)C2)nc1. The van der Waals surface area contributed by atoms with Crippen molar-refractivity contribution >= 4 is 15.8 Å². The highest BCUT2D eigenvalue weighted by Gasteiger charge is 2.71. The summed E-state index contributed by atoms with van der Waals surface area (Å²) in [6, 6.07) is 11.6. The summed E-state index contributed by atoms with van der Waals surface area (Å²) in [6.07, 6.45) is -9.80. The summed E-state index contributed by atoms with van der Waals surface area (Å²) in [5.74, 6) is 0.0919. The molecule has 3 aromatic rings. The molecule has 0 spiro atoms. The van der Waals surface area contributed by atoms with E-state index >= 15 is 0 Å². The highest BCUT2D eigenvalue weighted by molar-refractivity contribution is 7.92. The first-order valence-electron chi connectivity index (χ1n) is 10.9. The highest BCUT2D eigenvalue weighted by Crippen LogP contribution is 2.51. The van der Waals surface area contributed by atoms with Gasteiger partial charge in [0.25, 0.3) is 5.60 Å². The van der Waals surface area contributed by atoms with Crippen LogP contribution in [-0.2, 0) is 20.2 Å². The number of hydrogen-bond donors (Lipinski definition) is 1. The number of nitrogens with zero attached hydrogens (tertiary/aromatic N) is 4. The molecule has 4 rings (SSSR count). The van der Waals surface area contributed by atoms with Crippen molar-refractivity contribution in [2.45, 2.75) is 34.0 Å². The third-order valence-electron chi connectivity index (χ3n) is 6.50. The van der Waals surface area contributed by atoms with Crippen LogP contribution in [0.4, 0.5) is 32.3 Å². The van der Waals surface area contributed by atoms with Gasteiger partial charge in [-0.1, -0.05) is 42.5 Å². The molecule has 200 valence electrons. The fraction of sp³-hybridized carbons (Fsp3) is 0.292. The van der Waals surface area contributed by atoms with E-state index < -0.39 is 38.1 Å². The number of sulfone groups is 1. The van der Waals surface area contributed by atoms with Crippen LogP contribution in [0.3, 0.4) is 0 Å². The summed E-state index contributed by atoms with van der Waals surface area (Å²) in [6.45, 7) is -0.201. The number of aromatic nitrogens is 2. The van der Waals surface area contributed by atoms with Crippen molar-refractivity contribution in [3.8, 4) is 6.07 Å². The summed E-state index contributed by atoms with van der Waals surface area (Å²) in [7, 11) is -4.27. The Morgan fingerprint density at radius 3 is 1.97 bits per heavy atom. The van der Waals surface area contributed by atoms with Gasteiger partial charge in [0.1, 0.15) is 10.8 Å². The van der Waals surface area contributed by atoms with Crippen LogP contribution in [0.25, 0.3) is 0 Å². The van der Waals surface area contributed by atoms with Gasteiger partial charge in [-0.25, -0.2) is 18.4 Å². The highest BCUT2D eigenvalue weighted by atomic mass is 32.2. The first kappa shape index (κ1) is 27.3. The van der Waals surface area contributed by atoms with E-state index in [9.17, 15) is 39.9 Å². The van der Waals surface area contributed by atoms with Crippen LogP contribution in [0.15, 0.2) is 71.9 Å². The van der Waals surface area contributed by atoms with E-state index in [1.54, 1.807) is 6.07 Å². The smallest absolute Gasteiger partial charge is 0.369 e. The van der Waals surface area contributed by atoms with Crippen LogP contribution in [0, 0.1) is 11.3 Å². The third-order valence-corrected chi connectivity index (χ3v) is 8.99. The fourth-order valence-corrected chi connectivity index (χ4v) is 6.53. The first-order valence-corrected chi connectivity index (χ1v) is 12.4. The Morgan fingerprint density at radius 2 is 1.47 bits per heavy atom. The van der Waals surface area contributed by atoms with Crippen molar-refractivity contribution in [3.63, 3.8) is 0 Å². The molecule has 7 nitrogen and oxygen atoms in total. The Bertz CT molecular complexity index is 1440. The Balaban J connectivity index is 1.83. The molecule has 14 heteroatoms. The minimum Gasteiger partial charge on any atom is -0.369 e. The van der Waals surface area contributed by atoms with Crippen LogP contribution in [0.5, 0.6) is 0 Å². The maximum atomic E-state index is 13.9. The lowest BCUT2D eigenvalue weighted by Crippen LogP contribution is -2.54. The Morgan fingerprint density at radius 1 is 0.921 bits per heavy atom. The number of halogens is 6. The molecule has 1 aliphatic rings. The van der Waals surface area contributed by atoms with Crippen LogP contribution in [-0.4, -0.2) is 48.9 Å². The minimum atomic E-state index is -6.09. The molecule has 0 saturated carbocycles. The molecule has 0 bridgehead atoms. The van der Waals surface area contributed by atoms with Crippen molar-refractivity contribution in [2.75, 3.05) is 18.0 Å². The van der Waals surface area contributed by atoms with Crippen LogP contribution >= 0.6 is 0 Å². The predicted molar refractivity (Wildman–Crippen MR) is 121 cm³/mol. The number of aliphatic hydroxyl groups is 1. The van der Waals surface area contributed by atoms with Gasteiger partial charge in [0.15, 0.2) is 9.84 Å². The number of alkyl halides is 6. The first-order chi connectivity index (χ1) is 17.7. The van der Waals surface area contributed by atoms with Gasteiger partial charge in [0.2, 0.25) is 5.95 Å². The lowest BCUT2D eigenvalue weighted by Gasteiger charge is -2.34. The van der Waals surface area contributed by atoms with Crippen molar-refractivity contribution in [1.29, 1.82) is 5.26 Å². The second-order valence-electron chi connectivity index (χ2n) is 8.65. The van der Waals surface area contributed by atoms with Crippen molar-refractivity contribution in [3.05, 3.63) is 83.7 Å². The number of hydrogen-bond acceptors (Lipinski definition) is 7. The zero-order valence-electron chi connectivity index (χ0n) is 19.2. The molecule has 2 aromatic carbocycles. The van der Waals surface area contributed by atoms with Gasteiger partial charge in [0, 0.05) is 18.7 Å². The van der Waals surface area contributed by atoms with Gasteiger partial charge >= 0.3 is 12.4 Å². The number of anilines is 1. The molecule has 1 aromatic heterocycles. The van der Waals surface area contributed by atoms with E-state index in [0.717, 1.165) is 12.1 Å². The van der Waals surface area contributed by atoms with Gasteiger partial charge in [0.05, 0.1) is 22.9 Å². The fourth-order valence-electron chi connectivity index (χ4n) is 4.43. The van der Waals surface area contributed by atoms with E-state index in [0.29, 0.717) is 12.1 Å². The zero-order chi connectivity index (χ0) is 28.0. The summed E-state index contributed by atoms with van der Waals surface area (Å²) in [4.78, 5) is 9.52. The second-order valence-corrected chi connectivity index (χ2v) is 10.9. The molecule has 0 amide bonds. The Hall–Kier alpha value is -3.70. The molecule has 0 radical (unpaired) electrons. The van der Waals surface area contributed by atoms with Crippen LogP contribution < -0.4 is 4.90 Å². The number of rotatable bonds is 5. The molecule has 38 heavy (non-hydrogen) atoms. The molecule has 0 aliphatic carbocycles. The number of nitriles is 1. The van der Waals surface area contributed by atoms with Crippen LogP contribution in [0.1, 0.15) is 23.1 Å². The van der Waals surface area contributed by atoms with E-state index in [1.807, 2.05) is 6.07 Å². The third kappa shape index (κ3) is 4.25. The maximum Gasteiger partial charge on any atom is 0.430 e. The van der Waals surface area contributed by atoms with E-state index in [1.165, 1.54) is 41.6 Å². The molecule has 1 atom stereocenters. The Kier molecular flexibility index (Phi) is 6.65. The minimum absolute atomic E-state index is 0.0760. The standard InChI is InChI=1S/C24H18F6N4O3S/c25-23(26,27)22(35,24(28,29)30)18-8-6-17(7-9-18)21(38(36,37)19-4-2-1-3-5-19)10-11-34(15-21)20-32-13-16(12-31)14-33-20/h1-9,13-14,35H,10-11,15H2. The van der Waals surface area contributed by atoms with Gasteiger partial charge in [-0.3, -0.25) is 0 Å². The predicted octanol–water partition coefficient (Wildman–Crippen LogP) is 4.24. The molecular weight excluding hydrogens is 538 g/mol. The normalized spacial score (nSPS) is 18.8. The monoisotopic (exact) mass is 556 g/mol. The maximum absolute atomic E-state index is 13.9. The second kappa shape index (κ2) is 9.25. The molecule has 2 heterocycles. The summed E-state index contributed by atoms with van der Waals surface area (Å²) >= 11 is 0. The molecule has 1 saturated heterocycles. The quantitative estimate of drug-likeness (QED) is 0.469.